The molecule has 0 radical (unpaired) electrons. The number of amides is 1. The van der Waals surface area contributed by atoms with Gasteiger partial charge in [-0.05, 0) is 42.3 Å². The van der Waals surface area contributed by atoms with Crippen LogP contribution in [0.4, 0.5) is 4.79 Å². The van der Waals surface area contributed by atoms with Crippen LogP contribution >= 0.6 is 46.4 Å². The van der Waals surface area contributed by atoms with Crippen molar-refractivity contribution in [2.45, 2.75) is 6.42 Å². The van der Waals surface area contributed by atoms with Crippen LogP contribution < -0.4 is 10.1 Å². The van der Waals surface area contributed by atoms with Gasteiger partial charge in [-0.3, -0.25) is 0 Å². The lowest BCUT2D eigenvalue weighted by molar-refractivity contribution is 0.200. The second-order valence-electron chi connectivity index (χ2n) is 5.49. The summed E-state index contributed by atoms with van der Waals surface area (Å²) in [6.45, 7) is 0.323. The van der Waals surface area contributed by atoms with Crippen molar-refractivity contribution in [1.82, 2.24) is 15.1 Å². The Balaban J connectivity index is 1.55. The standard InChI is InChI=1S/C18H13Cl4N3O2/c19-14-2-1-3-15(20)13(14)6-7-23-18(26)27-12-9-24-25(10-12)11-4-5-16(21)17(22)8-11/h1-5,8-10H,6-7H2,(H,23,26). The molecule has 0 fully saturated rings. The average molecular weight is 445 g/mol. The van der Waals surface area contributed by atoms with Gasteiger partial charge < -0.3 is 10.1 Å². The van der Waals surface area contributed by atoms with E-state index >= 15 is 0 Å². The number of nitrogens with one attached hydrogen (secondary N) is 1. The molecule has 1 amide bonds. The smallest absolute Gasteiger partial charge is 0.407 e. The quantitative estimate of drug-likeness (QED) is 0.539. The Labute approximate surface area is 175 Å². The van der Waals surface area contributed by atoms with Crippen molar-refractivity contribution >= 4 is 52.5 Å². The molecule has 0 saturated carbocycles. The van der Waals surface area contributed by atoms with E-state index in [0.717, 1.165) is 5.56 Å². The van der Waals surface area contributed by atoms with Crippen LogP contribution in [0.5, 0.6) is 5.75 Å². The zero-order chi connectivity index (χ0) is 19.4. The highest BCUT2D eigenvalue weighted by Gasteiger charge is 2.10. The second kappa shape index (κ2) is 8.85. The van der Waals surface area contributed by atoms with Crippen LogP contribution in [0, 0.1) is 0 Å². The van der Waals surface area contributed by atoms with Gasteiger partial charge in [0.2, 0.25) is 0 Å². The van der Waals surface area contributed by atoms with E-state index in [-0.39, 0.29) is 5.75 Å². The van der Waals surface area contributed by atoms with Gasteiger partial charge in [0.05, 0.1) is 28.1 Å². The van der Waals surface area contributed by atoms with Crippen molar-refractivity contribution in [3.05, 3.63) is 74.4 Å². The van der Waals surface area contributed by atoms with Gasteiger partial charge in [-0.15, -0.1) is 0 Å². The number of ether oxygens (including phenoxy) is 1. The molecule has 0 atom stereocenters. The van der Waals surface area contributed by atoms with Crippen molar-refractivity contribution in [2.24, 2.45) is 0 Å². The highest BCUT2D eigenvalue weighted by atomic mass is 35.5. The molecule has 1 N–H and O–H groups in total. The summed E-state index contributed by atoms with van der Waals surface area (Å²) in [5.41, 5.74) is 1.46. The van der Waals surface area contributed by atoms with Gasteiger partial charge in [0, 0.05) is 16.6 Å². The minimum atomic E-state index is -0.605. The molecule has 0 unspecified atom stereocenters. The minimum absolute atomic E-state index is 0.286. The van der Waals surface area contributed by atoms with Crippen molar-refractivity contribution in [3.8, 4) is 11.4 Å². The van der Waals surface area contributed by atoms with Gasteiger partial charge >= 0.3 is 6.09 Å². The topological polar surface area (TPSA) is 56.1 Å². The summed E-state index contributed by atoms with van der Waals surface area (Å²) in [5.74, 6) is 0.286. The first kappa shape index (κ1) is 19.8. The first-order chi connectivity index (χ1) is 12.9. The molecule has 1 heterocycles. The van der Waals surface area contributed by atoms with E-state index in [1.165, 1.54) is 10.9 Å². The molecule has 0 aliphatic heterocycles. The number of hydrogen-bond donors (Lipinski definition) is 1. The molecule has 3 aromatic rings. The van der Waals surface area contributed by atoms with Gasteiger partial charge in [0.25, 0.3) is 0 Å². The monoisotopic (exact) mass is 443 g/mol. The van der Waals surface area contributed by atoms with Gasteiger partial charge in [0.15, 0.2) is 5.75 Å². The Morgan fingerprint density at radius 2 is 1.78 bits per heavy atom. The van der Waals surface area contributed by atoms with Crippen LogP contribution in [0.25, 0.3) is 5.69 Å². The number of benzene rings is 2. The molecule has 3 rings (SSSR count). The van der Waals surface area contributed by atoms with Crippen molar-refractivity contribution in [1.29, 1.82) is 0 Å². The summed E-state index contributed by atoms with van der Waals surface area (Å²) < 4.78 is 6.73. The summed E-state index contributed by atoms with van der Waals surface area (Å²) in [5, 5.41) is 8.75. The maximum absolute atomic E-state index is 11.9. The molecule has 1 aromatic heterocycles. The van der Waals surface area contributed by atoms with Crippen molar-refractivity contribution in [2.75, 3.05) is 6.54 Å². The van der Waals surface area contributed by atoms with E-state index in [1.807, 2.05) is 0 Å². The first-order valence-electron chi connectivity index (χ1n) is 7.82. The highest BCUT2D eigenvalue weighted by molar-refractivity contribution is 6.42. The minimum Gasteiger partial charge on any atom is -0.407 e. The summed E-state index contributed by atoms with van der Waals surface area (Å²) in [6.07, 6.45) is 2.86. The predicted molar refractivity (Wildman–Crippen MR) is 108 cm³/mol. The molecule has 5 nitrogen and oxygen atoms in total. The van der Waals surface area contributed by atoms with Crippen LogP contribution in [-0.4, -0.2) is 22.4 Å². The van der Waals surface area contributed by atoms with Crippen LogP contribution in [0.2, 0.25) is 20.1 Å². The third-order valence-electron chi connectivity index (χ3n) is 3.64. The van der Waals surface area contributed by atoms with Gasteiger partial charge in [-0.25, -0.2) is 9.48 Å². The van der Waals surface area contributed by atoms with Crippen molar-refractivity contribution < 1.29 is 9.53 Å². The number of nitrogens with zero attached hydrogens (tertiary/aromatic N) is 2. The number of rotatable bonds is 5. The number of hydrogen-bond acceptors (Lipinski definition) is 3. The van der Waals surface area contributed by atoms with E-state index in [4.69, 9.17) is 51.1 Å². The normalized spacial score (nSPS) is 10.7. The molecule has 9 heteroatoms. The molecule has 27 heavy (non-hydrogen) atoms. The molecule has 0 spiro atoms. The molecule has 0 aliphatic carbocycles. The predicted octanol–water partition coefficient (Wildman–Crippen LogP) is 5.82. The average Bonchev–Trinajstić information content (AvgIpc) is 3.08. The summed E-state index contributed by atoms with van der Waals surface area (Å²) in [6, 6.07) is 10.3. The Morgan fingerprint density at radius 1 is 1.04 bits per heavy atom. The highest BCUT2D eigenvalue weighted by Crippen LogP contribution is 2.25. The SMILES string of the molecule is O=C(NCCc1c(Cl)cccc1Cl)Oc1cnn(-c2ccc(Cl)c(Cl)c2)c1. The van der Waals surface area contributed by atoms with Crippen LogP contribution in [-0.2, 0) is 6.42 Å². The zero-order valence-electron chi connectivity index (χ0n) is 13.8. The van der Waals surface area contributed by atoms with E-state index < -0.39 is 6.09 Å². The van der Waals surface area contributed by atoms with Crippen molar-refractivity contribution in [3.63, 3.8) is 0 Å². The first-order valence-corrected chi connectivity index (χ1v) is 9.34. The zero-order valence-corrected chi connectivity index (χ0v) is 16.8. The van der Waals surface area contributed by atoms with Crippen LogP contribution in [0.1, 0.15) is 5.56 Å². The fourth-order valence-corrected chi connectivity index (χ4v) is 3.21. The summed E-state index contributed by atoms with van der Waals surface area (Å²) in [7, 11) is 0. The van der Waals surface area contributed by atoms with E-state index in [2.05, 4.69) is 10.4 Å². The molecule has 140 valence electrons. The van der Waals surface area contributed by atoms with Gasteiger partial charge in [-0.2, -0.15) is 5.10 Å². The lowest BCUT2D eigenvalue weighted by atomic mass is 10.1. The number of halogens is 4. The second-order valence-corrected chi connectivity index (χ2v) is 7.11. The van der Waals surface area contributed by atoms with Gasteiger partial charge in [0.1, 0.15) is 0 Å². The molecule has 0 saturated heterocycles. The van der Waals surface area contributed by atoms with E-state index in [1.54, 1.807) is 42.6 Å². The van der Waals surface area contributed by atoms with Crippen LogP contribution in [0.3, 0.4) is 0 Å². The number of carbonyl (C=O) groups is 1. The van der Waals surface area contributed by atoms with E-state index in [0.29, 0.717) is 38.7 Å². The fourth-order valence-electron chi connectivity index (χ4n) is 2.33. The Morgan fingerprint density at radius 3 is 2.48 bits per heavy atom. The third-order valence-corrected chi connectivity index (χ3v) is 5.09. The summed E-state index contributed by atoms with van der Waals surface area (Å²) >= 11 is 24.1. The van der Waals surface area contributed by atoms with E-state index in [9.17, 15) is 4.79 Å². The Bertz CT molecular complexity index is 955. The maximum atomic E-state index is 11.9. The number of aromatic nitrogens is 2. The Kier molecular flexibility index (Phi) is 6.50. The number of carbonyl (C=O) groups excluding carboxylic acids is 1. The largest absolute Gasteiger partial charge is 0.412 e. The molecular formula is C18H13Cl4N3O2. The lowest BCUT2D eigenvalue weighted by Gasteiger charge is -2.08. The third kappa shape index (κ3) is 5.08. The van der Waals surface area contributed by atoms with Crippen LogP contribution in [0.15, 0.2) is 48.8 Å². The van der Waals surface area contributed by atoms with Gasteiger partial charge in [-0.1, -0.05) is 52.5 Å². The Hall–Kier alpha value is -1.92. The lowest BCUT2D eigenvalue weighted by Crippen LogP contribution is -2.28. The molecule has 2 aromatic carbocycles. The molecule has 0 aliphatic rings. The fraction of sp³-hybridized carbons (Fsp3) is 0.111. The molecular weight excluding hydrogens is 432 g/mol. The molecule has 0 bridgehead atoms. The summed E-state index contributed by atoms with van der Waals surface area (Å²) in [4.78, 5) is 11.9. The maximum Gasteiger partial charge on any atom is 0.412 e.